The SMILES string of the molecule is c1ccc(-c2nc3ccccc3n2-c2cccc(-c3cccc(-c4nc5ccccc5c5c4ccc4c5c5ccccc5n4-c4ccccc4)c3)c2)cc1. The Morgan fingerprint density at radius 3 is 1.76 bits per heavy atom. The Morgan fingerprint density at radius 2 is 0.926 bits per heavy atom. The Balaban J connectivity index is 1.12. The fraction of sp³-hybridized carbons (Fsp3) is 0. The summed E-state index contributed by atoms with van der Waals surface area (Å²) in [5, 5.41) is 6.00. The first kappa shape index (κ1) is 30.3. The maximum Gasteiger partial charge on any atom is 0.145 e. The average Bonchev–Trinajstić information content (AvgIpc) is 3.81. The van der Waals surface area contributed by atoms with Crippen molar-refractivity contribution in [2.45, 2.75) is 0 Å². The predicted octanol–water partition coefficient (Wildman–Crippen LogP) is 12.8. The molecule has 0 unspecified atom stereocenters. The van der Waals surface area contributed by atoms with E-state index in [1.165, 1.54) is 27.2 Å². The minimum absolute atomic E-state index is 0.925. The smallest absolute Gasteiger partial charge is 0.145 e. The highest BCUT2D eigenvalue weighted by molar-refractivity contribution is 6.29. The van der Waals surface area contributed by atoms with E-state index in [9.17, 15) is 0 Å². The van der Waals surface area contributed by atoms with E-state index < -0.39 is 0 Å². The van der Waals surface area contributed by atoms with Gasteiger partial charge in [-0.15, -0.1) is 0 Å². The van der Waals surface area contributed by atoms with Gasteiger partial charge in [0.15, 0.2) is 0 Å². The van der Waals surface area contributed by atoms with Gasteiger partial charge in [0.2, 0.25) is 0 Å². The maximum atomic E-state index is 5.38. The van der Waals surface area contributed by atoms with Crippen LogP contribution in [0.1, 0.15) is 0 Å². The van der Waals surface area contributed by atoms with Crippen LogP contribution in [0, 0.1) is 0 Å². The number of rotatable bonds is 5. The first-order valence-corrected chi connectivity index (χ1v) is 18.3. The van der Waals surface area contributed by atoms with Gasteiger partial charge in [-0.05, 0) is 71.8 Å². The molecule has 3 aromatic heterocycles. The van der Waals surface area contributed by atoms with Crippen molar-refractivity contribution in [3.63, 3.8) is 0 Å². The van der Waals surface area contributed by atoms with Gasteiger partial charge in [0.05, 0.1) is 33.3 Å². The minimum Gasteiger partial charge on any atom is -0.309 e. The van der Waals surface area contributed by atoms with E-state index in [2.05, 4.69) is 191 Å². The molecule has 0 atom stereocenters. The molecule has 4 heteroatoms. The first-order chi connectivity index (χ1) is 26.8. The number of aromatic nitrogens is 4. The van der Waals surface area contributed by atoms with Gasteiger partial charge in [-0.25, -0.2) is 9.97 Å². The monoisotopic (exact) mass is 688 g/mol. The van der Waals surface area contributed by atoms with Gasteiger partial charge in [0, 0.05) is 49.4 Å². The average molecular weight is 689 g/mol. The van der Waals surface area contributed by atoms with Crippen LogP contribution in [0.4, 0.5) is 0 Å². The van der Waals surface area contributed by atoms with Crippen LogP contribution in [0.25, 0.3) is 99.7 Å². The zero-order valence-electron chi connectivity index (χ0n) is 29.3. The van der Waals surface area contributed by atoms with Crippen molar-refractivity contribution in [1.82, 2.24) is 19.1 Å². The van der Waals surface area contributed by atoms with Gasteiger partial charge in [-0.2, -0.15) is 0 Å². The van der Waals surface area contributed by atoms with Gasteiger partial charge in [0.25, 0.3) is 0 Å². The second-order valence-corrected chi connectivity index (χ2v) is 13.8. The molecule has 0 aliphatic carbocycles. The molecule has 0 aliphatic heterocycles. The van der Waals surface area contributed by atoms with Crippen LogP contribution < -0.4 is 0 Å². The topological polar surface area (TPSA) is 35.6 Å². The highest BCUT2D eigenvalue weighted by Crippen LogP contribution is 2.43. The summed E-state index contributed by atoms with van der Waals surface area (Å²) in [6.45, 7) is 0. The third kappa shape index (κ3) is 4.70. The highest BCUT2D eigenvalue weighted by Gasteiger charge is 2.20. The molecule has 0 aliphatic rings. The van der Waals surface area contributed by atoms with Crippen LogP contribution in [0.2, 0.25) is 0 Å². The summed E-state index contributed by atoms with van der Waals surface area (Å²) < 4.78 is 4.66. The second-order valence-electron chi connectivity index (χ2n) is 13.8. The summed E-state index contributed by atoms with van der Waals surface area (Å²) in [5.74, 6) is 0.925. The van der Waals surface area contributed by atoms with Gasteiger partial charge in [0.1, 0.15) is 5.82 Å². The Hall–Kier alpha value is -7.30. The number of fused-ring (bicyclic) bond motifs is 8. The largest absolute Gasteiger partial charge is 0.309 e. The van der Waals surface area contributed by atoms with Crippen molar-refractivity contribution in [2.75, 3.05) is 0 Å². The van der Waals surface area contributed by atoms with Crippen molar-refractivity contribution in [1.29, 1.82) is 0 Å². The van der Waals surface area contributed by atoms with E-state index in [-0.39, 0.29) is 0 Å². The van der Waals surface area contributed by atoms with E-state index in [1.807, 2.05) is 12.1 Å². The molecule has 11 rings (SSSR count). The highest BCUT2D eigenvalue weighted by atomic mass is 15.1. The number of hydrogen-bond donors (Lipinski definition) is 0. The standard InChI is InChI=1S/C50H32N4/c1-3-15-33(16-4-1)50-52-43-26-10-12-28-45(43)54(50)38-22-14-18-35(32-38)34-17-13-19-36(31-34)49-41-29-30-46-48(47(41)39-23-7-9-25-42(39)51-49)40-24-8-11-27-44(40)53(46)37-20-5-2-6-21-37/h1-32H. The number of benzene rings is 8. The molecule has 0 amide bonds. The number of pyridine rings is 1. The number of nitrogens with zero attached hydrogens (tertiary/aromatic N) is 4. The van der Waals surface area contributed by atoms with Gasteiger partial charge in [-0.1, -0.05) is 133 Å². The Kier molecular flexibility index (Phi) is 6.82. The molecule has 0 saturated heterocycles. The molecule has 0 fully saturated rings. The minimum atomic E-state index is 0.925. The summed E-state index contributed by atoms with van der Waals surface area (Å²) in [4.78, 5) is 10.5. The van der Waals surface area contributed by atoms with E-state index in [4.69, 9.17) is 9.97 Å². The lowest BCUT2D eigenvalue weighted by Crippen LogP contribution is -1.98. The first-order valence-electron chi connectivity index (χ1n) is 18.3. The van der Waals surface area contributed by atoms with E-state index in [0.29, 0.717) is 0 Å². The molecule has 11 aromatic rings. The van der Waals surface area contributed by atoms with E-state index in [0.717, 1.165) is 72.5 Å². The molecule has 0 bridgehead atoms. The fourth-order valence-corrected chi connectivity index (χ4v) is 8.31. The lowest BCUT2D eigenvalue weighted by Gasteiger charge is -2.14. The van der Waals surface area contributed by atoms with Crippen molar-refractivity contribution < 1.29 is 0 Å². The predicted molar refractivity (Wildman–Crippen MR) is 225 cm³/mol. The molecular formula is C50H32N4. The van der Waals surface area contributed by atoms with Gasteiger partial charge in [-0.3, -0.25) is 4.57 Å². The van der Waals surface area contributed by atoms with Crippen molar-refractivity contribution in [3.05, 3.63) is 194 Å². The van der Waals surface area contributed by atoms with Crippen LogP contribution in [0.15, 0.2) is 194 Å². The maximum absolute atomic E-state index is 5.38. The summed E-state index contributed by atoms with van der Waals surface area (Å²) in [6.07, 6.45) is 0. The molecule has 3 heterocycles. The molecule has 0 spiro atoms. The molecule has 4 nitrogen and oxygen atoms in total. The van der Waals surface area contributed by atoms with Crippen molar-refractivity contribution in [3.8, 4) is 45.1 Å². The summed E-state index contributed by atoms with van der Waals surface area (Å²) in [7, 11) is 0. The molecule has 0 N–H and O–H groups in total. The fourth-order valence-electron chi connectivity index (χ4n) is 8.31. The molecule has 0 radical (unpaired) electrons. The number of imidazole rings is 1. The van der Waals surface area contributed by atoms with Gasteiger partial charge < -0.3 is 4.57 Å². The van der Waals surface area contributed by atoms with Crippen LogP contribution in [0.5, 0.6) is 0 Å². The zero-order valence-corrected chi connectivity index (χ0v) is 29.3. The Labute approximate surface area is 311 Å². The Bertz CT molecular complexity index is 3210. The lowest BCUT2D eigenvalue weighted by molar-refractivity contribution is 1.10. The molecule has 252 valence electrons. The van der Waals surface area contributed by atoms with Crippen LogP contribution in [-0.4, -0.2) is 19.1 Å². The van der Waals surface area contributed by atoms with Crippen LogP contribution in [-0.2, 0) is 0 Å². The van der Waals surface area contributed by atoms with Crippen molar-refractivity contribution in [2.24, 2.45) is 0 Å². The third-order valence-corrected chi connectivity index (χ3v) is 10.7. The Morgan fingerprint density at radius 1 is 0.315 bits per heavy atom. The van der Waals surface area contributed by atoms with E-state index in [1.54, 1.807) is 0 Å². The number of para-hydroxylation sites is 5. The lowest BCUT2D eigenvalue weighted by atomic mass is 9.94. The number of hydrogen-bond acceptors (Lipinski definition) is 2. The van der Waals surface area contributed by atoms with Gasteiger partial charge >= 0.3 is 0 Å². The normalized spacial score (nSPS) is 11.7. The summed E-state index contributed by atoms with van der Waals surface area (Å²) in [6, 6.07) is 68.9. The summed E-state index contributed by atoms with van der Waals surface area (Å²) >= 11 is 0. The second kappa shape index (κ2) is 12.1. The van der Waals surface area contributed by atoms with Crippen LogP contribution in [0.3, 0.4) is 0 Å². The molecule has 0 saturated carbocycles. The summed E-state index contributed by atoms with van der Waals surface area (Å²) in [5.41, 5.74) is 13.0. The third-order valence-electron chi connectivity index (χ3n) is 10.7. The quantitative estimate of drug-likeness (QED) is 0.169. The van der Waals surface area contributed by atoms with E-state index >= 15 is 0 Å². The molecular weight excluding hydrogens is 657 g/mol. The molecule has 54 heavy (non-hydrogen) atoms. The zero-order chi connectivity index (χ0) is 35.6. The van der Waals surface area contributed by atoms with Crippen molar-refractivity contribution >= 4 is 54.5 Å². The molecule has 8 aromatic carbocycles. The van der Waals surface area contributed by atoms with Crippen LogP contribution >= 0.6 is 0 Å².